The highest BCUT2D eigenvalue weighted by Gasteiger charge is 2.09. The Bertz CT molecular complexity index is 907. The lowest BCUT2D eigenvalue weighted by Gasteiger charge is -2.13. The molecule has 1 aromatic heterocycles. The number of carbonyl (C=O) groups excluding carboxylic acids is 1. The number of benzene rings is 2. The second-order valence-corrected chi connectivity index (χ2v) is 6.26. The molecule has 0 saturated carbocycles. The van der Waals surface area contributed by atoms with E-state index >= 15 is 0 Å². The van der Waals surface area contributed by atoms with Crippen LogP contribution >= 0.6 is 0 Å². The quantitative estimate of drug-likeness (QED) is 0.649. The van der Waals surface area contributed by atoms with Crippen molar-refractivity contribution >= 4 is 28.8 Å². The van der Waals surface area contributed by atoms with E-state index < -0.39 is 0 Å². The summed E-state index contributed by atoms with van der Waals surface area (Å²) < 4.78 is 5.42. The number of ether oxygens (including phenoxy) is 1. The predicted octanol–water partition coefficient (Wildman–Crippen LogP) is 3.94. The Morgan fingerprint density at radius 1 is 0.964 bits per heavy atom. The van der Waals surface area contributed by atoms with Crippen molar-refractivity contribution in [3.63, 3.8) is 0 Å². The number of rotatable bonds is 7. The molecule has 0 spiro atoms. The number of hydrogen-bond acceptors (Lipinski definition) is 6. The van der Waals surface area contributed by atoms with Gasteiger partial charge in [-0.15, -0.1) is 0 Å². The summed E-state index contributed by atoms with van der Waals surface area (Å²) in [5.41, 5.74) is 2.86. The monoisotopic (exact) mass is 377 g/mol. The summed E-state index contributed by atoms with van der Waals surface area (Å²) in [6.07, 6.45) is 2.97. The Morgan fingerprint density at radius 2 is 1.64 bits per heavy atom. The van der Waals surface area contributed by atoms with Crippen LogP contribution in [0.2, 0.25) is 0 Å². The first-order chi connectivity index (χ1) is 13.5. The Hall–Kier alpha value is -3.61. The van der Waals surface area contributed by atoms with Gasteiger partial charge in [0.15, 0.2) is 0 Å². The van der Waals surface area contributed by atoms with Crippen molar-refractivity contribution < 1.29 is 9.53 Å². The minimum atomic E-state index is -0.308. The molecule has 0 aliphatic rings. The molecule has 0 aliphatic carbocycles. The Balaban J connectivity index is 1.60. The molecule has 0 aliphatic heterocycles. The van der Waals surface area contributed by atoms with E-state index in [-0.39, 0.29) is 11.6 Å². The maximum absolute atomic E-state index is 12.3. The van der Waals surface area contributed by atoms with E-state index in [1.807, 2.05) is 74.4 Å². The summed E-state index contributed by atoms with van der Waals surface area (Å²) in [6, 6.07) is 15.1. The summed E-state index contributed by atoms with van der Waals surface area (Å²) in [5.74, 6) is 1.05. The number of nitrogens with one attached hydrogen (secondary N) is 2. The van der Waals surface area contributed by atoms with E-state index in [1.165, 1.54) is 12.4 Å². The van der Waals surface area contributed by atoms with Crippen LogP contribution in [0.1, 0.15) is 17.4 Å². The molecule has 28 heavy (non-hydrogen) atoms. The first kappa shape index (κ1) is 19.2. The highest BCUT2D eigenvalue weighted by atomic mass is 16.5. The highest BCUT2D eigenvalue weighted by Crippen LogP contribution is 2.19. The van der Waals surface area contributed by atoms with Crippen molar-refractivity contribution in [2.75, 3.05) is 36.2 Å². The van der Waals surface area contributed by atoms with Crippen LogP contribution in [0.4, 0.5) is 22.9 Å². The number of hydrogen-bond donors (Lipinski definition) is 2. The summed E-state index contributed by atoms with van der Waals surface area (Å²) in [4.78, 5) is 22.8. The average molecular weight is 377 g/mol. The molecular weight excluding hydrogens is 354 g/mol. The number of amides is 1. The zero-order valence-electron chi connectivity index (χ0n) is 16.1. The fourth-order valence-corrected chi connectivity index (χ4v) is 2.50. The number of nitrogens with zero attached hydrogens (tertiary/aromatic N) is 3. The first-order valence-electron chi connectivity index (χ1n) is 8.96. The maximum atomic E-state index is 12.3. The lowest BCUT2D eigenvalue weighted by atomic mass is 10.2. The topological polar surface area (TPSA) is 79.4 Å². The lowest BCUT2D eigenvalue weighted by molar-refractivity contribution is 0.102. The zero-order valence-corrected chi connectivity index (χ0v) is 16.1. The van der Waals surface area contributed by atoms with Crippen molar-refractivity contribution in [2.45, 2.75) is 6.92 Å². The smallest absolute Gasteiger partial charge is 0.275 e. The van der Waals surface area contributed by atoms with Gasteiger partial charge in [-0.25, -0.2) is 9.97 Å². The van der Waals surface area contributed by atoms with E-state index in [0.29, 0.717) is 18.1 Å². The van der Waals surface area contributed by atoms with Gasteiger partial charge >= 0.3 is 0 Å². The van der Waals surface area contributed by atoms with E-state index in [9.17, 15) is 4.79 Å². The average Bonchev–Trinajstić information content (AvgIpc) is 2.70. The molecule has 144 valence electrons. The molecule has 0 unspecified atom stereocenters. The zero-order chi connectivity index (χ0) is 19.9. The maximum Gasteiger partial charge on any atom is 0.275 e. The van der Waals surface area contributed by atoms with Crippen molar-refractivity contribution in [3.05, 3.63) is 66.6 Å². The van der Waals surface area contributed by atoms with Crippen molar-refractivity contribution in [1.82, 2.24) is 9.97 Å². The van der Waals surface area contributed by atoms with Crippen molar-refractivity contribution in [3.8, 4) is 5.75 Å². The van der Waals surface area contributed by atoms with Crippen LogP contribution in [0, 0.1) is 0 Å². The van der Waals surface area contributed by atoms with Crippen LogP contribution in [0.15, 0.2) is 60.9 Å². The van der Waals surface area contributed by atoms with Crippen LogP contribution in [-0.2, 0) is 0 Å². The van der Waals surface area contributed by atoms with Crippen molar-refractivity contribution in [2.24, 2.45) is 0 Å². The molecular formula is C21H23N5O2. The summed E-state index contributed by atoms with van der Waals surface area (Å²) in [7, 11) is 3.93. The van der Waals surface area contributed by atoms with Crippen LogP contribution in [0.25, 0.3) is 0 Å². The Kier molecular flexibility index (Phi) is 6.06. The summed E-state index contributed by atoms with van der Waals surface area (Å²) in [6.45, 7) is 2.57. The van der Waals surface area contributed by atoms with Crippen LogP contribution in [0.3, 0.4) is 0 Å². The molecule has 0 atom stereocenters. The van der Waals surface area contributed by atoms with Crippen molar-refractivity contribution in [1.29, 1.82) is 0 Å². The molecule has 0 fully saturated rings. The van der Waals surface area contributed by atoms with Crippen LogP contribution in [-0.4, -0.2) is 36.6 Å². The van der Waals surface area contributed by atoms with E-state index in [2.05, 4.69) is 20.6 Å². The highest BCUT2D eigenvalue weighted by molar-refractivity contribution is 6.02. The largest absolute Gasteiger partial charge is 0.494 e. The minimum absolute atomic E-state index is 0.244. The molecule has 0 saturated heterocycles. The van der Waals surface area contributed by atoms with Gasteiger partial charge in [0.05, 0.1) is 19.0 Å². The normalized spacial score (nSPS) is 10.2. The van der Waals surface area contributed by atoms with Crippen LogP contribution in [0.5, 0.6) is 5.75 Å². The minimum Gasteiger partial charge on any atom is -0.494 e. The van der Waals surface area contributed by atoms with Crippen LogP contribution < -0.4 is 20.3 Å². The third kappa shape index (κ3) is 4.97. The second kappa shape index (κ2) is 8.85. The van der Waals surface area contributed by atoms with Gasteiger partial charge in [0.1, 0.15) is 17.3 Å². The molecule has 0 radical (unpaired) electrons. The molecule has 7 heteroatoms. The second-order valence-electron chi connectivity index (χ2n) is 6.26. The molecule has 3 rings (SSSR count). The van der Waals surface area contributed by atoms with Gasteiger partial charge in [-0.2, -0.15) is 0 Å². The number of anilines is 4. The number of carbonyl (C=O) groups is 1. The van der Waals surface area contributed by atoms with Gasteiger partial charge in [0.25, 0.3) is 5.91 Å². The lowest BCUT2D eigenvalue weighted by Crippen LogP contribution is -2.14. The first-order valence-corrected chi connectivity index (χ1v) is 8.96. The molecule has 1 heterocycles. The molecule has 2 N–H and O–H groups in total. The van der Waals surface area contributed by atoms with E-state index in [4.69, 9.17) is 4.74 Å². The molecule has 7 nitrogen and oxygen atoms in total. The van der Waals surface area contributed by atoms with Gasteiger partial charge in [-0.05, 0) is 55.5 Å². The third-order valence-electron chi connectivity index (χ3n) is 3.96. The molecule has 0 bridgehead atoms. The molecule has 3 aromatic rings. The molecule has 1 amide bonds. The Labute approximate surface area is 164 Å². The SMILES string of the molecule is CCOc1ccc(Nc2cnc(C(=O)Nc3ccc(N(C)C)cc3)cn2)cc1. The molecule has 2 aromatic carbocycles. The fourth-order valence-electron chi connectivity index (χ4n) is 2.50. The standard InChI is InChI=1S/C21H23N5O2/c1-4-28-18-11-7-15(8-12-18)24-20-14-22-19(13-23-20)21(27)25-16-5-9-17(10-6-16)26(2)3/h5-14H,4H2,1-3H3,(H,23,24)(H,25,27). The van der Waals surface area contributed by atoms with Gasteiger partial charge in [-0.3, -0.25) is 4.79 Å². The third-order valence-corrected chi connectivity index (χ3v) is 3.96. The summed E-state index contributed by atoms with van der Waals surface area (Å²) in [5, 5.41) is 5.96. The van der Waals surface area contributed by atoms with E-state index in [1.54, 1.807) is 0 Å². The van der Waals surface area contributed by atoms with Gasteiger partial charge in [-0.1, -0.05) is 0 Å². The van der Waals surface area contributed by atoms with Gasteiger partial charge in [0.2, 0.25) is 0 Å². The number of aromatic nitrogens is 2. The fraction of sp³-hybridized carbons (Fsp3) is 0.190. The van der Waals surface area contributed by atoms with Gasteiger partial charge < -0.3 is 20.3 Å². The van der Waals surface area contributed by atoms with Gasteiger partial charge in [0, 0.05) is 31.2 Å². The summed E-state index contributed by atoms with van der Waals surface area (Å²) >= 11 is 0. The Morgan fingerprint density at radius 3 is 2.21 bits per heavy atom. The predicted molar refractivity (Wildman–Crippen MR) is 112 cm³/mol. The van der Waals surface area contributed by atoms with E-state index in [0.717, 1.165) is 17.1 Å².